The molecule has 3 heterocycles. The van der Waals surface area contributed by atoms with Crippen LogP contribution in [0.3, 0.4) is 0 Å². The molecule has 3 amide bonds. The van der Waals surface area contributed by atoms with E-state index in [4.69, 9.17) is 9.47 Å². The average Bonchev–Trinajstić information content (AvgIpc) is 3.27. The predicted molar refractivity (Wildman–Crippen MR) is 110 cm³/mol. The molecule has 1 N–H and O–H groups in total. The number of hydrogen-bond donors (Lipinski definition) is 1. The highest BCUT2D eigenvalue weighted by Gasteiger charge is 2.40. The Labute approximate surface area is 178 Å². The molecule has 2 unspecified atom stereocenters. The van der Waals surface area contributed by atoms with E-state index in [9.17, 15) is 19.5 Å². The van der Waals surface area contributed by atoms with Gasteiger partial charge in [-0.2, -0.15) is 0 Å². The second-order valence-electron chi connectivity index (χ2n) is 7.65. The zero-order valence-electron chi connectivity index (χ0n) is 16.6. The summed E-state index contributed by atoms with van der Waals surface area (Å²) in [6.07, 6.45) is -2.14. The van der Waals surface area contributed by atoms with E-state index in [1.807, 2.05) is 0 Å². The highest BCUT2D eigenvalue weighted by atomic mass is 16.6. The van der Waals surface area contributed by atoms with E-state index < -0.39 is 18.4 Å². The van der Waals surface area contributed by atoms with Gasteiger partial charge in [-0.1, -0.05) is 18.2 Å². The van der Waals surface area contributed by atoms with Gasteiger partial charge in [0.25, 0.3) is 11.8 Å². The third-order valence-corrected chi connectivity index (χ3v) is 5.76. The Morgan fingerprint density at radius 1 is 0.968 bits per heavy atom. The van der Waals surface area contributed by atoms with E-state index in [0.717, 1.165) is 5.69 Å². The Balaban J connectivity index is 1.26. The zero-order valence-corrected chi connectivity index (χ0v) is 16.6. The topological polar surface area (TPSA) is 99.6 Å². The van der Waals surface area contributed by atoms with Crippen LogP contribution in [-0.4, -0.2) is 66.9 Å². The molecule has 0 saturated carbocycles. The minimum absolute atomic E-state index is 0.0623. The summed E-state index contributed by atoms with van der Waals surface area (Å²) >= 11 is 0. The maximum atomic E-state index is 12.6. The second-order valence-corrected chi connectivity index (χ2v) is 7.65. The number of rotatable bonds is 4. The summed E-state index contributed by atoms with van der Waals surface area (Å²) in [4.78, 5) is 41.5. The number of carbonyl (C=O) groups is 3. The molecule has 2 aromatic rings. The molecule has 0 aromatic heterocycles. The van der Waals surface area contributed by atoms with Gasteiger partial charge in [-0.15, -0.1) is 0 Å². The number of carbonyl (C=O) groups excluding carboxylic acids is 3. The third-order valence-electron chi connectivity index (χ3n) is 5.76. The first kappa shape index (κ1) is 19.5. The second kappa shape index (κ2) is 7.68. The van der Waals surface area contributed by atoms with Gasteiger partial charge in [0.2, 0.25) is 0 Å². The van der Waals surface area contributed by atoms with E-state index in [0.29, 0.717) is 30.0 Å². The van der Waals surface area contributed by atoms with E-state index in [1.54, 1.807) is 53.4 Å². The molecule has 2 fully saturated rings. The molecule has 3 aliphatic heterocycles. The van der Waals surface area contributed by atoms with Crippen molar-refractivity contribution in [3.8, 4) is 0 Å². The summed E-state index contributed by atoms with van der Waals surface area (Å²) in [5.74, 6) is -0.383. The number of cyclic esters (lactones) is 1. The molecular formula is C22H21N3O6. The molecule has 9 nitrogen and oxygen atoms in total. The van der Waals surface area contributed by atoms with Crippen molar-refractivity contribution in [2.24, 2.45) is 0 Å². The zero-order chi connectivity index (χ0) is 21.5. The van der Waals surface area contributed by atoms with E-state index >= 15 is 0 Å². The third kappa shape index (κ3) is 3.41. The number of benzene rings is 2. The van der Waals surface area contributed by atoms with E-state index in [-0.39, 0.29) is 31.5 Å². The SMILES string of the molecule is O=C1COCCN1c1ccc(N2CC(CN3C(=O)c4ccccc4C3O)OC2=O)cc1. The predicted octanol–water partition coefficient (Wildman–Crippen LogP) is 1.52. The van der Waals surface area contributed by atoms with Crippen molar-refractivity contribution < 1.29 is 29.0 Å². The van der Waals surface area contributed by atoms with Gasteiger partial charge in [-0.05, 0) is 30.3 Å². The van der Waals surface area contributed by atoms with Crippen molar-refractivity contribution >= 4 is 29.3 Å². The van der Waals surface area contributed by atoms with Gasteiger partial charge in [-0.25, -0.2) is 4.79 Å². The van der Waals surface area contributed by atoms with Crippen molar-refractivity contribution in [2.75, 3.05) is 42.6 Å². The molecule has 9 heteroatoms. The van der Waals surface area contributed by atoms with Crippen molar-refractivity contribution in [1.29, 1.82) is 0 Å². The van der Waals surface area contributed by atoms with Crippen molar-refractivity contribution in [1.82, 2.24) is 4.90 Å². The van der Waals surface area contributed by atoms with Crippen LogP contribution in [0.15, 0.2) is 48.5 Å². The Kier molecular flexibility index (Phi) is 4.84. The number of aliphatic hydroxyl groups excluding tert-OH is 1. The van der Waals surface area contributed by atoms with E-state index in [1.165, 1.54) is 9.80 Å². The molecule has 2 aromatic carbocycles. The standard InChI is InChI=1S/C22H21N3O6/c26-19-13-30-10-9-23(19)14-5-7-15(8-6-14)24-11-16(31-22(24)29)12-25-20(27)17-3-1-2-4-18(17)21(25)28/h1-8,16,20,27H,9-13H2. The fourth-order valence-electron chi connectivity index (χ4n) is 4.18. The fourth-order valence-corrected chi connectivity index (χ4v) is 4.18. The summed E-state index contributed by atoms with van der Waals surface area (Å²) in [6.45, 7) is 1.38. The van der Waals surface area contributed by atoms with Crippen LogP contribution in [0.2, 0.25) is 0 Å². The van der Waals surface area contributed by atoms with Gasteiger partial charge < -0.3 is 24.4 Å². The fraction of sp³-hybridized carbons (Fsp3) is 0.318. The van der Waals surface area contributed by atoms with Crippen molar-refractivity contribution in [3.63, 3.8) is 0 Å². The number of fused-ring (bicyclic) bond motifs is 1. The number of amides is 3. The van der Waals surface area contributed by atoms with Gasteiger partial charge in [0.15, 0.2) is 6.23 Å². The highest BCUT2D eigenvalue weighted by Crippen LogP contribution is 2.33. The lowest BCUT2D eigenvalue weighted by Gasteiger charge is -2.27. The van der Waals surface area contributed by atoms with Crippen LogP contribution in [0.4, 0.5) is 16.2 Å². The Morgan fingerprint density at radius 2 is 1.68 bits per heavy atom. The smallest absolute Gasteiger partial charge is 0.414 e. The number of anilines is 2. The van der Waals surface area contributed by atoms with Crippen LogP contribution in [0.25, 0.3) is 0 Å². The minimum Gasteiger partial charge on any atom is -0.442 e. The first-order chi connectivity index (χ1) is 15.0. The minimum atomic E-state index is -1.05. The maximum absolute atomic E-state index is 12.6. The van der Waals surface area contributed by atoms with Crippen LogP contribution >= 0.6 is 0 Å². The lowest BCUT2D eigenvalue weighted by Crippen LogP contribution is -2.41. The molecule has 3 aliphatic rings. The summed E-state index contributed by atoms with van der Waals surface area (Å²) in [6, 6.07) is 14.0. The molecule has 0 spiro atoms. The molecule has 0 radical (unpaired) electrons. The molecular weight excluding hydrogens is 402 g/mol. The maximum Gasteiger partial charge on any atom is 0.414 e. The number of morpholine rings is 1. The Hall–Kier alpha value is -3.43. The quantitative estimate of drug-likeness (QED) is 0.801. The average molecular weight is 423 g/mol. The monoisotopic (exact) mass is 423 g/mol. The Bertz CT molecular complexity index is 1040. The van der Waals surface area contributed by atoms with E-state index in [2.05, 4.69) is 0 Å². The van der Waals surface area contributed by atoms with Gasteiger partial charge >= 0.3 is 6.09 Å². The lowest BCUT2D eigenvalue weighted by molar-refractivity contribution is -0.125. The first-order valence-electron chi connectivity index (χ1n) is 10.1. The van der Waals surface area contributed by atoms with Crippen LogP contribution in [0.1, 0.15) is 22.1 Å². The molecule has 0 bridgehead atoms. The van der Waals surface area contributed by atoms with Gasteiger partial charge in [0, 0.05) is 29.0 Å². The largest absolute Gasteiger partial charge is 0.442 e. The van der Waals surface area contributed by atoms with Gasteiger partial charge in [0.1, 0.15) is 12.7 Å². The molecule has 0 aliphatic carbocycles. The summed E-state index contributed by atoms with van der Waals surface area (Å²) in [5, 5.41) is 10.5. The van der Waals surface area contributed by atoms with Gasteiger partial charge in [0.05, 0.1) is 19.7 Å². The summed E-state index contributed by atoms with van der Waals surface area (Å²) in [5.41, 5.74) is 2.39. The van der Waals surface area contributed by atoms with Crippen LogP contribution < -0.4 is 9.80 Å². The van der Waals surface area contributed by atoms with Crippen molar-refractivity contribution in [2.45, 2.75) is 12.3 Å². The number of aliphatic hydroxyl groups is 1. The van der Waals surface area contributed by atoms with Crippen LogP contribution in [0, 0.1) is 0 Å². The molecule has 5 rings (SSSR count). The van der Waals surface area contributed by atoms with Crippen molar-refractivity contribution in [3.05, 3.63) is 59.7 Å². The van der Waals surface area contributed by atoms with Crippen LogP contribution in [0.5, 0.6) is 0 Å². The summed E-state index contributed by atoms with van der Waals surface area (Å²) < 4.78 is 10.6. The lowest BCUT2D eigenvalue weighted by atomic mass is 10.1. The molecule has 160 valence electrons. The molecule has 2 saturated heterocycles. The van der Waals surface area contributed by atoms with Gasteiger partial charge in [-0.3, -0.25) is 14.5 Å². The number of ether oxygens (including phenoxy) is 2. The Morgan fingerprint density at radius 3 is 2.39 bits per heavy atom. The number of nitrogens with zero attached hydrogens (tertiary/aromatic N) is 3. The molecule has 2 atom stereocenters. The highest BCUT2D eigenvalue weighted by molar-refractivity contribution is 5.99. The molecule has 31 heavy (non-hydrogen) atoms. The first-order valence-corrected chi connectivity index (χ1v) is 10.1. The normalized spacial score (nSPS) is 23.4. The number of hydrogen-bond acceptors (Lipinski definition) is 6. The summed E-state index contributed by atoms with van der Waals surface area (Å²) in [7, 11) is 0. The van der Waals surface area contributed by atoms with Crippen LogP contribution in [-0.2, 0) is 14.3 Å².